The van der Waals surface area contributed by atoms with Gasteiger partial charge in [-0.3, -0.25) is 20.2 Å². The lowest BCUT2D eigenvalue weighted by molar-refractivity contribution is -0.386. The zero-order valence-electron chi connectivity index (χ0n) is 20.6. The molecule has 1 N–H and O–H groups in total. The summed E-state index contributed by atoms with van der Waals surface area (Å²) < 4.78 is 13.3. The Bertz CT molecular complexity index is 1370. The predicted octanol–water partition coefficient (Wildman–Crippen LogP) is 5.02. The molecule has 36 heavy (non-hydrogen) atoms. The van der Waals surface area contributed by atoms with Gasteiger partial charge in [-0.2, -0.15) is 0 Å². The van der Waals surface area contributed by atoms with Crippen molar-refractivity contribution in [2.45, 2.75) is 33.9 Å². The number of hydrogen-bond donors (Lipinski definition) is 1. The van der Waals surface area contributed by atoms with E-state index in [1.54, 1.807) is 31.2 Å². The number of furan rings is 1. The van der Waals surface area contributed by atoms with E-state index in [2.05, 4.69) is 29.0 Å². The molecular weight excluding hydrogens is 462 g/mol. The molecule has 0 saturated carbocycles. The first kappa shape index (κ1) is 24.9. The lowest BCUT2D eigenvalue weighted by Crippen LogP contribution is -2.27. The molecule has 4 aromatic rings. The molecule has 2 aromatic carbocycles. The summed E-state index contributed by atoms with van der Waals surface area (Å²) in [5.41, 5.74) is 2.37. The normalized spacial score (nSPS) is 11.2. The van der Waals surface area contributed by atoms with Crippen LogP contribution in [-0.4, -0.2) is 44.9 Å². The molecule has 0 bridgehead atoms. The van der Waals surface area contributed by atoms with E-state index in [9.17, 15) is 14.9 Å². The van der Waals surface area contributed by atoms with Crippen molar-refractivity contribution < 1.29 is 18.9 Å². The maximum absolute atomic E-state index is 13.0. The molecule has 0 aliphatic heterocycles. The van der Waals surface area contributed by atoms with Crippen molar-refractivity contribution in [3.05, 3.63) is 81.8 Å². The first-order valence-electron chi connectivity index (χ1n) is 11.8. The number of carbonyl (C=O) groups excluding carboxylic acids is 1. The highest BCUT2D eigenvalue weighted by Crippen LogP contribution is 2.29. The Balaban J connectivity index is 1.47. The predicted molar refractivity (Wildman–Crippen MR) is 136 cm³/mol. The van der Waals surface area contributed by atoms with Gasteiger partial charge in [0, 0.05) is 19.2 Å². The van der Waals surface area contributed by atoms with Crippen LogP contribution < -0.4 is 10.1 Å². The number of fused-ring (bicyclic) bond motifs is 1. The molecule has 2 heterocycles. The zero-order valence-corrected chi connectivity index (χ0v) is 20.6. The number of likely N-dealkylation sites (N-methyl/N-ethyl adjacent to an activating group) is 1. The molecule has 0 fully saturated rings. The summed E-state index contributed by atoms with van der Waals surface area (Å²) in [7, 11) is 0. The van der Waals surface area contributed by atoms with Crippen LogP contribution in [0.2, 0.25) is 0 Å². The number of aryl methyl sites for hydroxylation is 1. The molecule has 10 nitrogen and oxygen atoms in total. The lowest BCUT2D eigenvalue weighted by atomic mass is 10.2. The summed E-state index contributed by atoms with van der Waals surface area (Å²) in [6.07, 6.45) is 0. The summed E-state index contributed by atoms with van der Waals surface area (Å²) in [5, 5.41) is 14.2. The van der Waals surface area contributed by atoms with Gasteiger partial charge in [-0.1, -0.05) is 32.0 Å². The Labute approximate surface area is 208 Å². The van der Waals surface area contributed by atoms with Gasteiger partial charge in [0.2, 0.25) is 5.95 Å². The van der Waals surface area contributed by atoms with E-state index in [1.807, 2.05) is 28.8 Å². The summed E-state index contributed by atoms with van der Waals surface area (Å²) in [4.78, 5) is 30.7. The molecule has 1 amide bonds. The zero-order chi connectivity index (χ0) is 25.7. The van der Waals surface area contributed by atoms with Gasteiger partial charge in [-0.15, -0.1) is 0 Å². The molecule has 188 valence electrons. The van der Waals surface area contributed by atoms with Crippen LogP contribution >= 0.6 is 0 Å². The molecular formula is C26H29N5O5. The fourth-order valence-corrected chi connectivity index (χ4v) is 3.96. The molecule has 0 atom stereocenters. The number of nitrogens with one attached hydrogen (secondary N) is 1. The molecule has 0 radical (unpaired) electrons. The largest absolute Gasteiger partial charge is 0.479 e. The van der Waals surface area contributed by atoms with Crippen molar-refractivity contribution in [2.24, 2.45) is 0 Å². The highest BCUT2D eigenvalue weighted by molar-refractivity contribution is 6.02. The van der Waals surface area contributed by atoms with E-state index < -0.39 is 10.8 Å². The van der Waals surface area contributed by atoms with E-state index in [0.717, 1.165) is 36.2 Å². The number of nitro groups is 1. The van der Waals surface area contributed by atoms with Crippen LogP contribution in [0.1, 0.15) is 35.7 Å². The number of para-hydroxylation sites is 2. The first-order valence-corrected chi connectivity index (χ1v) is 11.8. The van der Waals surface area contributed by atoms with Crippen molar-refractivity contribution in [2.75, 3.05) is 25.0 Å². The number of amides is 1. The minimum Gasteiger partial charge on any atom is -0.479 e. The minimum absolute atomic E-state index is 0.0560. The van der Waals surface area contributed by atoms with Gasteiger partial charge >= 0.3 is 5.69 Å². The van der Waals surface area contributed by atoms with Crippen molar-refractivity contribution in [3.8, 4) is 5.75 Å². The number of rotatable bonds is 11. The maximum Gasteiger partial charge on any atom is 0.311 e. The Morgan fingerprint density at radius 3 is 2.69 bits per heavy atom. The first-order chi connectivity index (χ1) is 17.4. The molecule has 2 aromatic heterocycles. The monoisotopic (exact) mass is 491 g/mol. The van der Waals surface area contributed by atoms with Crippen LogP contribution in [0.4, 0.5) is 11.6 Å². The van der Waals surface area contributed by atoms with Crippen molar-refractivity contribution in [1.29, 1.82) is 0 Å². The summed E-state index contributed by atoms with van der Waals surface area (Å²) in [6, 6.07) is 15.6. The van der Waals surface area contributed by atoms with E-state index in [1.165, 1.54) is 6.07 Å². The third kappa shape index (κ3) is 5.55. The molecule has 0 spiro atoms. The number of benzene rings is 2. The Morgan fingerprint density at radius 2 is 1.94 bits per heavy atom. The number of anilines is 1. The van der Waals surface area contributed by atoms with E-state index in [-0.39, 0.29) is 23.8 Å². The number of nitro benzene ring substituents is 1. The quantitative estimate of drug-likeness (QED) is 0.231. The van der Waals surface area contributed by atoms with Gasteiger partial charge in [0.25, 0.3) is 5.91 Å². The second-order valence-corrected chi connectivity index (χ2v) is 8.34. The standard InChI is InChI=1S/C26H29N5O5/c1-4-29(5-2)14-15-30-21-9-7-6-8-20(21)27-26(30)28-25(32)24-13-11-19(36-24)17-35-23-12-10-18(3)16-22(23)31(33)34/h6-13,16H,4-5,14-15,17H2,1-3H3,(H,27,28,32). The van der Waals surface area contributed by atoms with Crippen LogP contribution in [0.25, 0.3) is 11.0 Å². The molecule has 0 aliphatic rings. The van der Waals surface area contributed by atoms with E-state index >= 15 is 0 Å². The molecule has 0 aliphatic carbocycles. The van der Waals surface area contributed by atoms with Crippen LogP contribution in [-0.2, 0) is 13.2 Å². The smallest absolute Gasteiger partial charge is 0.311 e. The average molecular weight is 492 g/mol. The van der Waals surface area contributed by atoms with Gasteiger partial charge in [0.05, 0.1) is 16.0 Å². The Hall–Kier alpha value is -4.18. The number of nitrogens with zero attached hydrogens (tertiary/aromatic N) is 4. The third-order valence-corrected chi connectivity index (χ3v) is 5.98. The Morgan fingerprint density at radius 1 is 1.17 bits per heavy atom. The van der Waals surface area contributed by atoms with Crippen molar-refractivity contribution in [3.63, 3.8) is 0 Å². The second-order valence-electron chi connectivity index (χ2n) is 8.34. The number of hydrogen-bond acceptors (Lipinski definition) is 7. The summed E-state index contributed by atoms with van der Waals surface area (Å²) in [6.45, 7) is 9.32. The fourth-order valence-electron chi connectivity index (χ4n) is 3.96. The van der Waals surface area contributed by atoms with Crippen LogP contribution in [0.15, 0.2) is 59.0 Å². The Kier molecular flexibility index (Phi) is 7.65. The molecule has 0 saturated heterocycles. The lowest BCUT2D eigenvalue weighted by Gasteiger charge is -2.19. The maximum atomic E-state index is 13.0. The van der Waals surface area contributed by atoms with Gasteiger partial charge in [-0.05, 0) is 55.9 Å². The van der Waals surface area contributed by atoms with Crippen molar-refractivity contribution >= 4 is 28.6 Å². The van der Waals surface area contributed by atoms with E-state index in [0.29, 0.717) is 18.3 Å². The van der Waals surface area contributed by atoms with Crippen molar-refractivity contribution in [1.82, 2.24) is 14.5 Å². The second kappa shape index (κ2) is 11.0. The van der Waals surface area contributed by atoms with Gasteiger partial charge < -0.3 is 18.6 Å². The van der Waals surface area contributed by atoms with Gasteiger partial charge in [0.1, 0.15) is 12.4 Å². The summed E-state index contributed by atoms with van der Waals surface area (Å²) in [5.74, 6) is 0.592. The molecule has 0 unspecified atom stereocenters. The summed E-state index contributed by atoms with van der Waals surface area (Å²) >= 11 is 0. The number of imidazole rings is 1. The van der Waals surface area contributed by atoms with Crippen LogP contribution in [0.3, 0.4) is 0 Å². The molecule has 4 rings (SSSR count). The number of carbonyl (C=O) groups is 1. The van der Waals surface area contributed by atoms with Crippen LogP contribution in [0.5, 0.6) is 5.75 Å². The number of aromatic nitrogens is 2. The topological polar surface area (TPSA) is 116 Å². The van der Waals surface area contributed by atoms with Gasteiger partial charge in [-0.25, -0.2) is 4.98 Å². The molecule has 10 heteroatoms. The minimum atomic E-state index is -0.490. The SMILES string of the molecule is CCN(CC)CCn1c(NC(=O)c2ccc(COc3ccc(C)cc3[N+](=O)[O-])o2)nc2ccccc21. The number of ether oxygens (including phenoxy) is 1. The fraction of sp³-hybridized carbons (Fsp3) is 0.308. The highest BCUT2D eigenvalue weighted by atomic mass is 16.6. The van der Waals surface area contributed by atoms with Gasteiger partial charge in [0.15, 0.2) is 11.5 Å². The third-order valence-electron chi connectivity index (χ3n) is 5.98. The van der Waals surface area contributed by atoms with E-state index in [4.69, 9.17) is 9.15 Å². The van der Waals surface area contributed by atoms with Crippen LogP contribution in [0, 0.1) is 17.0 Å². The average Bonchev–Trinajstić information content (AvgIpc) is 3.48. The highest BCUT2D eigenvalue weighted by Gasteiger charge is 2.19.